The minimum Gasteiger partial charge on any atom is -0.480 e. The number of allylic oxidation sites excluding steroid dienone is 1. The predicted molar refractivity (Wildman–Crippen MR) is 97.7 cm³/mol. The van der Waals surface area contributed by atoms with Crippen LogP contribution < -0.4 is 16.8 Å². The fraction of sp³-hybridized carbons (Fsp3) is 0.667. The van der Waals surface area contributed by atoms with E-state index >= 15 is 0 Å². The van der Waals surface area contributed by atoms with E-state index in [4.69, 9.17) is 11.5 Å². The van der Waals surface area contributed by atoms with Crippen LogP contribution in [0.2, 0.25) is 0 Å². The van der Waals surface area contributed by atoms with Crippen molar-refractivity contribution in [3.8, 4) is 0 Å². The topological polar surface area (TPSA) is 142 Å². The molecule has 3 unspecified atom stereocenters. The molecule has 0 bridgehead atoms. The summed E-state index contributed by atoms with van der Waals surface area (Å²) in [5, 5.41) is 21.9. The first-order chi connectivity index (χ1) is 12.2. The van der Waals surface area contributed by atoms with Crippen LogP contribution in [0, 0.1) is 11.8 Å². The number of likely N-dealkylation sites (tertiary alicyclic amines) is 1. The Bertz CT molecular complexity index is 598. The van der Waals surface area contributed by atoms with Crippen LogP contribution >= 0.6 is 0 Å². The number of nitrogens with two attached hydrogens (primary N) is 2. The van der Waals surface area contributed by atoms with E-state index < -0.39 is 24.2 Å². The van der Waals surface area contributed by atoms with Gasteiger partial charge in [0.2, 0.25) is 5.91 Å². The average Bonchev–Trinajstić information content (AvgIpc) is 3.31. The monoisotopic (exact) mass is 366 g/mol. The number of amides is 1. The Kier molecular flexibility index (Phi) is 6.66. The Morgan fingerprint density at radius 2 is 2.04 bits per heavy atom. The highest BCUT2D eigenvalue weighted by Gasteiger charge is 2.37. The van der Waals surface area contributed by atoms with Crippen molar-refractivity contribution >= 4 is 11.9 Å². The summed E-state index contributed by atoms with van der Waals surface area (Å²) in [5.41, 5.74) is 12.6. The number of aliphatic hydroxyl groups is 1. The second-order valence-corrected chi connectivity index (χ2v) is 7.43. The van der Waals surface area contributed by atoms with Gasteiger partial charge < -0.3 is 31.9 Å². The van der Waals surface area contributed by atoms with E-state index in [2.05, 4.69) is 5.32 Å². The summed E-state index contributed by atoms with van der Waals surface area (Å²) in [6.45, 7) is 3.81. The van der Waals surface area contributed by atoms with E-state index in [1.54, 1.807) is 13.0 Å². The Balaban J connectivity index is 2.04. The molecule has 2 fully saturated rings. The molecule has 1 amide bonds. The quantitative estimate of drug-likeness (QED) is 0.373. The Morgan fingerprint density at radius 3 is 2.58 bits per heavy atom. The molecule has 2 aliphatic rings. The van der Waals surface area contributed by atoms with Crippen molar-refractivity contribution in [3.05, 3.63) is 23.5 Å². The highest BCUT2D eigenvalue weighted by Crippen LogP contribution is 2.30. The van der Waals surface area contributed by atoms with Crippen LogP contribution in [0.4, 0.5) is 0 Å². The molecule has 1 heterocycles. The van der Waals surface area contributed by atoms with Crippen molar-refractivity contribution in [1.82, 2.24) is 10.2 Å². The van der Waals surface area contributed by atoms with Crippen molar-refractivity contribution in [3.63, 3.8) is 0 Å². The van der Waals surface area contributed by atoms with Crippen molar-refractivity contribution in [2.45, 2.75) is 51.3 Å². The summed E-state index contributed by atoms with van der Waals surface area (Å²) in [6.07, 6.45) is 5.73. The molecule has 1 saturated carbocycles. The molecule has 0 aromatic carbocycles. The van der Waals surface area contributed by atoms with Gasteiger partial charge >= 0.3 is 5.97 Å². The Labute approximate surface area is 153 Å². The summed E-state index contributed by atoms with van der Waals surface area (Å²) in [6, 6.07) is -1.47. The lowest BCUT2D eigenvalue weighted by molar-refractivity contribution is -0.147. The first kappa shape index (κ1) is 20.3. The molecule has 0 aromatic rings. The fourth-order valence-corrected chi connectivity index (χ4v) is 3.10. The number of nitrogens with one attached hydrogen (secondary N) is 1. The molecule has 0 aromatic heterocycles. The van der Waals surface area contributed by atoms with E-state index in [9.17, 15) is 19.8 Å². The first-order valence-corrected chi connectivity index (χ1v) is 9.08. The zero-order valence-electron chi connectivity index (χ0n) is 15.4. The fourth-order valence-electron chi connectivity index (χ4n) is 3.10. The normalized spacial score (nSPS) is 26.5. The van der Waals surface area contributed by atoms with Crippen LogP contribution in [0.15, 0.2) is 23.5 Å². The molecule has 0 radical (unpaired) electrons. The van der Waals surface area contributed by atoms with Crippen LogP contribution in [0.3, 0.4) is 0 Å². The number of rotatable bonds is 8. The molecule has 4 atom stereocenters. The first-order valence-electron chi connectivity index (χ1n) is 9.08. The third-order valence-electron chi connectivity index (χ3n) is 4.91. The van der Waals surface area contributed by atoms with Gasteiger partial charge in [-0.05, 0) is 38.0 Å². The number of carbonyl (C=O) groups is 2. The smallest absolute Gasteiger partial charge is 0.326 e. The highest BCUT2D eigenvalue weighted by atomic mass is 16.4. The van der Waals surface area contributed by atoms with E-state index in [1.165, 1.54) is 4.90 Å². The van der Waals surface area contributed by atoms with Gasteiger partial charge in [-0.25, -0.2) is 4.79 Å². The third-order valence-corrected chi connectivity index (χ3v) is 4.91. The molecule has 146 valence electrons. The number of carbonyl (C=O) groups excluding carboxylic acids is 1. The molecule has 1 aliphatic carbocycles. The van der Waals surface area contributed by atoms with Gasteiger partial charge in [-0.15, -0.1) is 0 Å². The lowest BCUT2D eigenvalue weighted by Gasteiger charge is -2.23. The van der Waals surface area contributed by atoms with Gasteiger partial charge in [0.05, 0.1) is 18.7 Å². The van der Waals surface area contributed by atoms with Crippen molar-refractivity contribution < 1.29 is 19.8 Å². The molecule has 8 nitrogen and oxygen atoms in total. The van der Waals surface area contributed by atoms with Crippen LogP contribution in [0.1, 0.15) is 33.1 Å². The van der Waals surface area contributed by atoms with Gasteiger partial charge in [-0.1, -0.05) is 19.1 Å². The maximum absolute atomic E-state index is 12.4. The summed E-state index contributed by atoms with van der Waals surface area (Å²) in [5.74, 6) is -0.421. The number of carboxylic acids is 1. The summed E-state index contributed by atoms with van der Waals surface area (Å²) < 4.78 is 0. The minimum atomic E-state index is -0.990. The number of hydrogen-bond donors (Lipinski definition) is 5. The molecule has 1 aliphatic heterocycles. The zero-order chi connectivity index (χ0) is 19.4. The summed E-state index contributed by atoms with van der Waals surface area (Å²) >= 11 is 0. The molecule has 1 saturated heterocycles. The van der Waals surface area contributed by atoms with Crippen LogP contribution in [0.5, 0.6) is 0 Å². The van der Waals surface area contributed by atoms with Crippen molar-refractivity contribution in [1.29, 1.82) is 0 Å². The summed E-state index contributed by atoms with van der Waals surface area (Å²) in [7, 11) is 0. The molecular weight excluding hydrogens is 336 g/mol. The van der Waals surface area contributed by atoms with Crippen molar-refractivity contribution in [2.75, 3.05) is 13.1 Å². The SMILES string of the molecule is CC(O)C(N)C(/C=C\C1CC1)=C(/N)NCC(=O)N1C[C@H](C)CC1C(=O)O. The highest BCUT2D eigenvalue weighted by molar-refractivity contribution is 5.85. The lowest BCUT2D eigenvalue weighted by atomic mass is 10.0. The van der Waals surface area contributed by atoms with Crippen LogP contribution in [-0.4, -0.2) is 58.3 Å². The minimum absolute atomic E-state index is 0.115. The Hall–Kier alpha value is -2.06. The molecule has 26 heavy (non-hydrogen) atoms. The maximum Gasteiger partial charge on any atom is 0.326 e. The molecule has 8 heteroatoms. The van der Waals surface area contributed by atoms with Gasteiger partial charge in [0.1, 0.15) is 11.9 Å². The molecule has 0 spiro atoms. The van der Waals surface area contributed by atoms with E-state index in [0.717, 1.165) is 12.8 Å². The van der Waals surface area contributed by atoms with Gasteiger partial charge in [0, 0.05) is 12.1 Å². The number of hydrogen-bond acceptors (Lipinski definition) is 6. The molecular formula is C18H30N4O4. The average molecular weight is 366 g/mol. The lowest BCUT2D eigenvalue weighted by Crippen LogP contribution is -2.45. The molecule has 7 N–H and O–H groups in total. The largest absolute Gasteiger partial charge is 0.480 e. The second-order valence-electron chi connectivity index (χ2n) is 7.43. The Morgan fingerprint density at radius 1 is 1.38 bits per heavy atom. The van der Waals surface area contributed by atoms with Gasteiger partial charge in [-0.2, -0.15) is 0 Å². The van der Waals surface area contributed by atoms with Crippen LogP contribution in [0.25, 0.3) is 0 Å². The standard InChI is InChI=1S/C18H30N4O4/c1-10-7-14(18(25)26)22(9-10)15(24)8-21-17(20)13(16(19)11(2)23)6-5-12-3-4-12/h5-6,10-12,14,16,21,23H,3-4,7-9,19-20H2,1-2H3,(H,25,26)/b6-5-,17-13-/t10-,11?,14?,16?/m1/s1. The number of nitrogens with zero attached hydrogens (tertiary/aromatic N) is 1. The van der Waals surface area contributed by atoms with Crippen LogP contribution in [-0.2, 0) is 9.59 Å². The predicted octanol–water partition coefficient (Wildman–Crippen LogP) is -0.258. The number of carboxylic acid groups (broad SMARTS) is 1. The van der Waals surface area contributed by atoms with E-state index in [1.807, 2.05) is 13.0 Å². The maximum atomic E-state index is 12.4. The second kappa shape index (κ2) is 8.55. The molecule has 2 rings (SSSR count). The number of aliphatic carboxylic acids is 1. The van der Waals surface area contributed by atoms with Crippen molar-refractivity contribution in [2.24, 2.45) is 23.3 Å². The van der Waals surface area contributed by atoms with E-state index in [-0.39, 0.29) is 24.2 Å². The van der Waals surface area contributed by atoms with Gasteiger partial charge in [0.25, 0.3) is 0 Å². The van der Waals surface area contributed by atoms with Gasteiger partial charge in [0.15, 0.2) is 0 Å². The van der Waals surface area contributed by atoms with E-state index in [0.29, 0.717) is 24.5 Å². The van der Waals surface area contributed by atoms with Gasteiger partial charge in [-0.3, -0.25) is 4.79 Å². The number of aliphatic hydroxyl groups excluding tert-OH is 1. The summed E-state index contributed by atoms with van der Waals surface area (Å²) in [4.78, 5) is 25.1. The zero-order valence-corrected chi connectivity index (χ0v) is 15.4. The third kappa shape index (κ3) is 5.22.